The molecule has 1 aliphatic rings. The number of H-pyrrole nitrogens is 1. The number of nitrogens with one attached hydrogen (secondary N) is 1. The van der Waals surface area contributed by atoms with Crippen molar-refractivity contribution >= 4 is 11.5 Å². The van der Waals surface area contributed by atoms with Crippen molar-refractivity contribution in [1.29, 1.82) is 0 Å². The van der Waals surface area contributed by atoms with E-state index in [2.05, 4.69) is 4.98 Å². The molecule has 1 fully saturated rings. The molecule has 1 aromatic rings. The summed E-state index contributed by atoms with van der Waals surface area (Å²) in [5, 5.41) is 10.1. The highest BCUT2D eigenvalue weighted by atomic mass is 16.3. The molecule has 0 aliphatic carbocycles. The van der Waals surface area contributed by atoms with Crippen LogP contribution in [0.1, 0.15) is 19.8 Å². The Morgan fingerprint density at radius 3 is 2.61 bits per heavy atom. The molecule has 18 heavy (non-hydrogen) atoms. The maximum absolute atomic E-state index is 11.7. The lowest BCUT2D eigenvalue weighted by molar-refractivity contribution is 0.00329. The summed E-state index contributed by atoms with van der Waals surface area (Å²) in [4.78, 5) is 27.0. The zero-order chi connectivity index (χ0) is 13.5. The van der Waals surface area contributed by atoms with Crippen molar-refractivity contribution in [2.24, 2.45) is 7.05 Å². The van der Waals surface area contributed by atoms with Crippen LogP contribution < -0.4 is 21.9 Å². The Bertz CT molecular complexity index is 569. The molecule has 0 saturated carbocycles. The van der Waals surface area contributed by atoms with E-state index in [0.29, 0.717) is 19.5 Å². The number of hydrogen-bond acceptors (Lipinski definition) is 5. The van der Waals surface area contributed by atoms with Crippen LogP contribution in [0.15, 0.2) is 9.59 Å². The van der Waals surface area contributed by atoms with Gasteiger partial charge in [-0.05, 0) is 6.42 Å². The van der Waals surface area contributed by atoms with E-state index in [1.807, 2.05) is 6.92 Å². The van der Waals surface area contributed by atoms with Crippen molar-refractivity contribution in [2.75, 3.05) is 23.7 Å². The number of nitrogen functional groups attached to an aromatic ring is 1. The third kappa shape index (κ3) is 1.90. The van der Waals surface area contributed by atoms with Crippen molar-refractivity contribution < 1.29 is 5.11 Å². The third-order valence-corrected chi connectivity index (χ3v) is 3.35. The van der Waals surface area contributed by atoms with Crippen LogP contribution in [0.2, 0.25) is 0 Å². The molecule has 4 N–H and O–H groups in total. The molecule has 2 heterocycles. The van der Waals surface area contributed by atoms with Crippen LogP contribution in [0.4, 0.5) is 11.5 Å². The maximum atomic E-state index is 11.7. The van der Waals surface area contributed by atoms with Gasteiger partial charge in [0.2, 0.25) is 0 Å². The number of rotatable bonds is 3. The standard InChI is InChI=1S/C11H18N4O3/c1-3-4-11(18)5-15(6-11)7-8(12)14(2)10(17)13-9(7)16/h18H,3-6,12H2,1-2H3,(H,13,16,17). The summed E-state index contributed by atoms with van der Waals surface area (Å²) < 4.78 is 1.19. The second kappa shape index (κ2) is 4.16. The summed E-state index contributed by atoms with van der Waals surface area (Å²) in [7, 11) is 1.50. The van der Waals surface area contributed by atoms with Crippen LogP contribution in [-0.2, 0) is 7.05 Å². The van der Waals surface area contributed by atoms with Crippen molar-refractivity contribution in [3.8, 4) is 0 Å². The molecule has 1 aromatic heterocycles. The molecular weight excluding hydrogens is 236 g/mol. The highest BCUT2D eigenvalue weighted by Crippen LogP contribution is 2.31. The average molecular weight is 254 g/mol. The Labute approximate surface area is 104 Å². The maximum Gasteiger partial charge on any atom is 0.329 e. The Morgan fingerprint density at radius 1 is 1.44 bits per heavy atom. The van der Waals surface area contributed by atoms with Crippen molar-refractivity contribution in [3.05, 3.63) is 20.8 Å². The summed E-state index contributed by atoms with van der Waals surface area (Å²) in [5.41, 5.74) is 4.25. The Morgan fingerprint density at radius 2 is 2.06 bits per heavy atom. The van der Waals surface area contributed by atoms with Crippen molar-refractivity contribution in [2.45, 2.75) is 25.4 Å². The number of aromatic nitrogens is 2. The van der Waals surface area contributed by atoms with Gasteiger partial charge in [0.1, 0.15) is 11.5 Å². The van der Waals surface area contributed by atoms with Crippen molar-refractivity contribution in [3.63, 3.8) is 0 Å². The molecule has 7 nitrogen and oxygen atoms in total. The molecular formula is C11H18N4O3. The smallest absolute Gasteiger partial charge is 0.329 e. The molecule has 0 amide bonds. The zero-order valence-electron chi connectivity index (χ0n) is 10.6. The van der Waals surface area contributed by atoms with Crippen molar-refractivity contribution in [1.82, 2.24) is 9.55 Å². The molecule has 2 rings (SSSR count). The molecule has 0 bridgehead atoms. The molecule has 0 aromatic carbocycles. The zero-order valence-corrected chi connectivity index (χ0v) is 10.6. The largest absolute Gasteiger partial charge is 0.386 e. The van der Waals surface area contributed by atoms with E-state index in [1.165, 1.54) is 11.6 Å². The lowest BCUT2D eigenvalue weighted by Crippen LogP contribution is -2.63. The van der Waals surface area contributed by atoms with Gasteiger partial charge in [-0.25, -0.2) is 4.79 Å². The van der Waals surface area contributed by atoms with Gasteiger partial charge in [0, 0.05) is 20.1 Å². The van der Waals surface area contributed by atoms with Gasteiger partial charge in [-0.3, -0.25) is 14.3 Å². The first-order chi connectivity index (χ1) is 8.38. The van der Waals surface area contributed by atoms with Crippen LogP contribution in [0.3, 0.4) is 0 Å². The molecule has 0 spiro atoms. The van der Waals surface area contributed by atoms with E-state index < -0.39 is 16.9 Å². The highest BCUT2D eigenvalue weighted by molar-refractivity contribution is 5.64. The number of aliphatic hydroxyl groups is 1. The predicted octanol–water partition coefficient (Wildman–Crippen LogP) is -0.993. The van der Waals surface area contributed by atoms with Gasteiger partial charge in [0.25, 0.3) is 5.56 Å². The summed E-state index contributed by atoms with van der Waals surface area (Å²) in [6, 6.07) is 0. The second-order valence-corrected chi connectivity index (χ2v) is 4.88. The van der Waals surface area contributed by atoms with E-state index in [-0.39, 0.29) is 11.5 Å². The van der Waals surface area contributed by atoms with Gasteiger partial charge < -0.3 is 15.7 Å². The van der Waals surface area contributed by atoms with Gasteiger partial charge in [-0.2, -0.15) is 0 Å². The topological polar surface area (TPSA) is 104 Å². The fraction of sp³-hybridized carbons (Fsp3) is 0.636. The predicted molar refractivity (Wildman–Crippen MR) is 68.8 cm³/mol. The molecule has 1 saturated heterocycles. The van der Waals surface area contributed by atoms with E-state index in [4.69, 9.17) is 5.73 Å². The van der Waals surface area contributed by atoms with Gasteiger partial charge in [-0.15, -0.1) is 0 Å². The highest BCUT2D eigenvalue weighted by Gasteiger charge is 2.42. The lowest BCUT2D eigenvalue weighted by Gasteiger charge is -2.47. The van der Waals surface area contributed by atoms with Crippen LogP contribution >= 0.6 is 0 Å². The van der Waals surface area contributed by atoms with Gasteiger partial charge in [0.05, 0.1) is 5.60 Å². The third-order valence-electron chi connectivity index (χ3n) is 3.35. The summed E-state index contributed by atoms with van der Waals surface area (Å²) >= 11 is 0. The summed E-state index contributed by atoms with van der Waals surface area (Å²) in [6.45, 7) is 2.73. The number of anilines is 2. The number of hydrogen-bond donors (Lipinski definition) is 3. The lowest BCUT2D eigenvalue weighted by atomic mass is 9.89. The Hall–Kier alpha value is -1.76. The minimum atomic E-state index is -0.748. The molecule has 1 aliphatic heterocycles. The molecule has 0 unspecified atom stereocenters. The molecule has 0 atom stereocenters. The molecule has 7 heteroatoms. The Kier molecular flexibility index (Phi) is 2.94. The number of nitrogens with two attached hydrogens (primary N) is 1. The van der Waals surface area contributed by atoms with E-state index in [0.717, 1.165) is 6.42 Å². The normalized spacial score (nSPS) is 17.6. The minimum Gasteiger partial charge on any atom is -0.386 e. The quantitative estimate of drug-likeness (QED) is 0.642. The van der Waals surface area contributed by atoms with E-state index in [9.17, 15) is 14.7 Å². The van der Waals surface area contributed by atoms with E-state index >= 15 is 0 Å². The van der Waals surface area contributed by atoms with Gasteiger partial charge in [-0.1, -0.05) is 13.3 Å². The Balaban J connectivity index is 2.31. The first-order valence-electron chi connectivity index (χ1n) is 5.94. The van der Waals surface area contributed by atoms with Crippen LogP contribution in [0.5, 0.6) is 0 Å². The fourth-order valence-corrected chi connectivity index (χ4v) is 2.38. The number of nitrogens with zero attached hydrogens (tertiary/aromatic N) is 2. The minimum absolute atomic E-state index is 0.127. The van der Waals surface area contributed by atoms with Crippen LogP contribution in [0, 0.1) is 0 Å². The fourth-order valence-electron chi connectivity index (χ4n) is 2.38. The first kappa shape index (κ1) is 12.7. The SMILES string of the molecule is CCCC1(O)CN(c2c(N)n(C)c(=O)[nH]c2=O)C1. The van der Waals surface area contributed by atoms with E-state index in [1.54, 1.807) is 4.90 Å². The van der Waals surface area contributed by atoms with Gasteiger partial charge in [0.15, 0.2) is 0 Å². The number of β-amino-alcohol motifs (C(OH)–C–C–N with tert-alkyl or cyclic N) is 1. The van der Waals surface area contributed by atoms with Crippen LogP contribution in [-0.4, -0.2) is 33.3 Å². The monoisotopic (exact) mass is 254 g/mol. The van der Waals surface area contributed by atoms with Crippen LogP contribution in [0.25, 0.3) is 0 Å². The summed E-state index contributed by atoms with van der Waals surface area (Å²) in [6.07, 6.45) is 1.57. The molecule has 100 valence electrons. The summed E-state index contributed by atoms with van der Waals surface area (Å²) in [5.74, 6) is 0.127. The number of aromatic amines is 1. The first-order valence-corrected chi connectivity index (χ1v) is 5.94. The van der Waals surface area contributed by atoms with Gasteiger partial charge >= 0.3 is 5.69 Å². The molecule has 0 radical (unpaired) electrons. The average Bonchev–Trinajstić information content (AvgIpc) is 2.24. The second-order valence-electron chi connectivity index (χ2n) is 4.88.